The van der Waals surface area contributed by atoms with Crippen molar-refractivity contribution in [1.82, 2.24) is 35.1 Å². The van der Waals surface area contributed by atoms with Crippen molar-refractivity contribution in [2.45, 2.75) is 63.6 Å². The molecule has 0 saturated carbocycles. The van der Waals surface area contributed by atoms with Gasteiger partial charge in [-0.25, -0.2) is 18.7 Å². The Morgan fingerprint density at radius 2 is 1.39 bits per heavy atom. The first-order valence-electron chi connectivity index (χ1n) is 17.4. The van der Waals surface area contributed by atoms with Gasteiger partial charge in [-0.05, 0) is 73.1 Å². The van der Waals surface area contributed by atoms with Crippen molar-refractivity contribution < 1.29 is 23.2 Å². The third-order valence-corrected chi connectivity index (χ3v) is 9.86. The summed E-state index contributed by atoms with van der Waals surface area (Å²) in [5.41, 5.74) is 3.28. The van der Waals surface area contributed by atoms with Crippen LogP contribution in [0.3, 0.4) is 0 Å². The van der Waals surface area contributed by atoms with Crippen molar-refractivity contribution in [2.75, 3.05) is 13.1 Å². The number of aromatic amines is 2. The Kier molecular flexibility index (Phi) is 9.74. The monoisotopic (exact) mass is 691 g/mol. The van der Waals surface area contributed by atoms with E-state index in [9.17, 15) is 14.4 Å². The fourth-order valence-electron chi connectivity index (χ4n) is 7.32. The molecule has 7 rings (SSSR count). The first-order chi connectivity index (χ1) is 24.9. The predicted octanol–water partition coefficient (Wildman–Crippen LogP) is 7.03. The second-order valence-electron chi connectivity index (χ2n) is 13.1. The van der Waals surface area contributed by atoms with Gasteiger partial charge in [-0.3, -0.25) is 14.4 Å². The highest BCUT2D eigenvalue weighted by atomic mass is 19.1. The molecular formula is C39H39F2N7O3. The first kappa shape index (κ1) is 33.8. The number of halogens is 2. The first-order valence-corrected chi connectivity index (χ1v) is 17.4. The Morgan fingerprint density at radius 3 is 1.92 bits per heavy atom. The van der Waals surface area contributed by atoms with Gasteiger partial charge in [0.2, 0.25) is 18.2 Å². The number of carbonyl (C=O) groups is 3. The number of amides is 3. The lowest BCUT2D eigenvalue weighted by Crippen LogP contribution is -2.40. The molecule has 3 atom stereocenters. The zero-order valence-corrected chi connectivity index (χ0v) is 28.2. The molecule has 3 aromatic carbocycles. The maximum atomic E-state index is 15.6. The average molecular weight is 692 g/mol. The molecule has 51 heavy (non-hydrogen) atoms. The summed E-state index contributed by atoms with van der Waals surface area (Å²) in [5.74, 6) is 0.0506. The number of rotatable bonds is 11. The van der Waals surface area contributed by atoms with Crippen LogP contribution in [-0.4, -0.2) is 61.0 Å². The van der Waals surface area contributed by atoms with E-state index in [0.717, 1.165) is 25.7 Å². The summed E-state index contributed by atoms with van der Waals surface area (Å²) in [6.45, 7) is 3.17. The predicted molar refractivity (Wildman–Crippen MR) is 188 cm³/mol. The summed E-state index contributed by atoms with van der Waals surface area (Å²) in [6, 6.07) is 17.2. The molecule has 12 heteroatoms. The number of likely N-dealkylation sites (tertiary alicyclic amines) is 2. The highest BCUT2D eigenvalue weighted by molar-refractivity contribution is 5.85. The third kappa shape index (κ3) is 6.78. The minimum atomic E-state index is -0.829. The molecule has 0 unspecified atom stereocenters. The van der Waals surface area contributed by atoms with E-state index in [1.165, 1.54) is 12.1 Å². The maximum Gasteiger partial charge on any atom is 0.250 e. The van der Waals surface area contributed by atoms with Crippen LogP contribution in [-0.2, 0) is 14.4 Å². The highest BCUT2D eigenvalue weighted by Crippen LogP contribution is 2.36. The Labute approximate surface area is 294 Å². The van der Waals surface area contributed by atoms with Gasteiger partial charge < -0.3 is 25.1 Å². The quantitative estimate of drug-likeness (QED) is 0.128. The second kappa shape index (κ2) is 14.7. The molecule has 2 saturated heterocycles. The summed E-state index contributed by atoms with van der Waals surface area (Å²) >= 11 is 0. The molecule has 10 nitrogen and oxygen atoms in total. The van der Waals surface area contributed by atoms with Crippen LogP contribution >= 0.6 is 0 Å². The molecule has 2 aromatic heterocycles. The van der Waals surface area contributed by atoms with Crippen LogP contribution in [0.15, 0.2) is 79.1 Å². The normalized spacial score (nSPS) is 17.9. The van der Waals surface area contributed by atoms with E-state index in [1.807, 2.05) is 30.0 Å². The van der Waals surface area contributed by atoms with Crippen LogP contribution in [0.2, 0.25) is 0 Å². The summed E-state index contributed by atoms with van der Waals surface area (Å²) in [6.07, 6.45) is 8.06. The highest BCUT2D eigenvalue weighted by Gasteiger charge is 2.36. The van der Waals surface area contributed by atoms with Gasteiger partial charge in [-0.15, -0.1) is 0 Å². The van der Waals surface area contributed by atoms with Crippen LogP contribution in [0.1, 0.15) is 80.8 Å². The van der Waals surface area contributed by atoms with Crippen molar-refractivity contribution in [3.8, 4) is 33.6 Å². The fourth-order valence-corrected chi connectivity index (χ4v) is 7.32. The molecule has 3 amide bonds. The molecular weight excluding hydrogens is 652 g/mol. The number of benzene rings is 3. The van der Waals surface area contributed by atoms with Gasteiger partial charge in [-0.2, -0.15) is 0 Å². The van der Waals surface area contributed by atoms with Gasteiger partial charge in [0.05, 0.1) is 35.9 Å². The maximum absolute atomic E-state index is 15.6. The summed E-state index contributed by atoms with van der Waals surface area (Å²) in [5, 5.41) is 2.65. The molecule has 2 aliphatic heterocycles. The Morgan fingerprint density at radius 1 is 0.843 bits per heavy atom. The van der Waals surface area contributed by atoms with Crippen LogP contribution < -0.4 is 5.32 Å². The lowest BCUT2D eigenvalue weighted by molar-refractivity contribution is -0.136. The van der Waals surface area contributed by atoms with Crippen LogP contribution in [0.5, 0.6) is 0 Å². The van der Waals surface area contributed by atoms with Crippen molar-refractivity contribution in [1.29, 1.82) is 0 Å². The molecule has 0 radical (unpaired) electrons. The smallest absolute Gasteiger partial charge is 0.250 e. The summed E-state index contributed by atoms with van der Waals surface area (Å²) in [4.78, 5) is 56.6. The number of nitrogens with zero attached hydrogens (tertiary/aromatic N) is 4. The Bertz CT molecular complexity index is 2050. The molecule has 262 valence electrons. The van der Waals surface area contributed by atoms with Crippen molar-refractivity contribution in [3.05, 3.63) is 108 Å². The molecule has 0 aliphatic carbocycles. The molecule has 4 heterocycles. The van der Waals surface area contributed by atoms with Crippen LogP contribution in [0.25, 0.3) is 33.6 Å². The van der Waals surface area contributed by atoms with Gasteiger partial charge >= 0.3 is 0 Å². The van der Waals surface area contributed by atoms with E-state index in [1.54, 1.807) is 53.7 Å². The Balaban J connectivity index is 1.06. The molecule has 5 aromatic rings. The lowest BCUT2D eigenvalue weighted by Gasteiger charge is -2.28. The van der Waals surface area contributed by atoms with Gasteiger partial charge in [0.1, 0.15) is 29.3 Å². The number of carbonyl (C=O) groups excluding carboxylic acids is 3. The van der Waals surface area contributed by atoms with Gasteiger partial charge in [-0.1, -0.05) is 49.4 Å². The fraction of sp³-hybridized carbons (Fsp3) is 0.308. The standard InChI is InChI=1S/C39H39F2N7O3/c1-2-8-35(50)47-17-6-11-33(47)37-42-21-31(45-37)27-15-13-25(19-29(27)40)26-14-16-28(30(41)20-26)32-22-43-38(46-32)34-12-7-18-48(34)39(51)36(44-23-49)24-9-4-3-5-10-24/h3-5,9-10,13-16,19-23,33-34,36H,2,6-8,11-12,17-18H2,1H3,(H,42,45)(H,43,46)(H,44,49)/t33-,34-,36+/m0/s1. The van der Waals surface area contributed by atoms with E-state index in [0.29, 0.717) is 83.2 Å². The van der Waals surface area contributed by atoms with Gasteiger partial charge in [0.15, 0.2) is 0 Å². The van der Waals surface area contributed by atoms with Crippen LogP contribution in [0.4, 0.5) is 8.78 Å². The summed E-state index contributed by atoms with van der Waals surface area (Å²) in [7, 11) is 0. The third-order valence-electron chi connectivity index (χ3n) is 9.86. The average Bonchev–Trinajstić information content (AvgIpc) is 3.97. The second-order valence-corrected chi connectivity index (χ2v) is 13.1. The van der Waals surface area contributed by atoms with Crippen molar-refractivity contribution in [3.63, 3.8) is 0 Å². The van der Waals surface area contributed by atoms with Crippen LogP contribution in [0, 0.1) is 11.6 Å². The number of nitrogens with one attached hydrogen (secondary N) is 3. The van der Waals surface area contributed by atoms with E-state index < -0.39 is 17.7 Å². The lowest BCUT2D eigenvalue weighted by atomic mass is 10.00. The topological polar surface area (TPSA) is 127 Å². The number of hydrogen-bond acceptors (Lipinski definition) is 5. The molecule has 3 N–H and O–H groups in total. The van der Waals surface area contributed by atoms with E-state index in [2.05, 4.69) is 25.3 Å². The minimum Gasteiger partial charge on any atom is -0.343 e. The minimum absolute atomic E-state index is 0.106. The van der Waals surface area contributed by atoms with Crippen molar-refractivity contribution in [2.24, 2.45) is 0 Å². The zero-order chi connectivity index (χ0) is 35.5. The van der Waals surface area contributed by atoms with E-state index >= 15 is 8.78 Å². The van der Waals surface area contributed by atoms with Gasteiger partial charge in [0.25, 0.3) is 0 Å². The van der Waals surface area contributed by atoms with Gasteiger partial charge in [0, 0.05) is 30.6 Å². The molecule has 0 bridgehead atoms. The van der Waals surface area contributed by atoms with E-state index in [-0.39, 0.29) is 23.9 Å². The Hall–Kier alpha value is -5.65. The SMILES string of the molecule is CCCC(=O)N1CCC[C@H]1c1ncc(-c2ccc(-c3ccc(-c4cnc([C@@H]5CCCN5C(=O)[C@H](NC=O)c5ccccc5)[nH]4)c(F)c3)cc2F)[nH]1. The number of hydrogen-bond donors (Lipinski definition) is 3. The number of aromatic nitrogens is 4. The van der Waals surface area contributed by atoms with Crippen molar-refractivity contribution >= 4 is 18.2 Å². The summed E-state index contributed by atoms with van der Waals surface area (Å²) < 4.78 is 31.2. The van der Waals surface area contributed by atoms with E-state index in [4.69, 9.17) is 0 Å². The number of H-pyrrole nitrogens is 2. The zero-order valence-electron chi connectivity index (χ0n) is 28.2. The molecule has 2 aliphatic rings. The largest absolute Gasteiger partial charge is 0.343 e. The molecule has 2 fully saturated rings. The molecule has 0 spiro atoms. The number of imidazole rings is 2.